The zero-order valence-corrected chi connectivity index (χ0v) is 13.8. The minimum atomic E-state index is -0.00833. The Kier molecular flexibility index (Phi) is 5.49. The molecule has 0 radical (unpaired) electrons. The summed E-state index contributed by atoms with van der Waals surface area (Å²) in [5, 5.41) is 12.5. The molecule has 122 valence electrons. The van der Waals surface area contributed by atoms with Crippen molar-refractivity contribution < 1.29 is 9.90 Å². The minimum absolute atomic E-state index is 0.00517. The van der Waals surface area contributed by atoms with Gasteiger partial charge in [-0.15, -0.1) is 0 Å². The van der Waals surface area contributed by atoms with Crippen molar-refractivity contribution in [3.8, 4) is 0 Å². The number of urea groups is 1. The van der Waals surface area contributed by atoms with Gasteiger partial charge in [0.1, 0.15) is 0 Å². The number of hydrogen-bond acceptors (Lipinski definition) is 3. The second kappa shape index (κ2) is 6.97. The van der Waals surface area contributed by atoms with Gasteiger partial charge in [-0.05, 0) is 45.7 Å². The molecule has 0 bridgehead atoms. The summed E-state index contributed by atoms with van der Waals surface area (Å²) in [5.41, 5.74) is 0.0851. The van der Waals surface area contributed by atoms with E-state index in [1.54, 1.807) is 4.90 Å². The molecule has 0 spiro atoms. The van der Waals surface area contributed by atoms with Crippen LogP contribution in [0.1, 0.15) is 45.4 Å². The fraction of sp³-hybridized carbons (Fsp3) is 0.938. The second-order valence-electron chi connectivity index (χ2n) is 7.15. The highest BCUT2D eigenvalue weighted by Gasteiger charge is 2.38. The monoisotopic (exact) mass is 297 g/mol. The van der Waals surface area contributed by atoms with Crippen molar-refractivity contribution in [1.82, 2.24) is 15.1 Å². The van der Waals surface area contributed by atoms with E-state index in [0.717, 1.165) is 38.1 Å². The van der Waals surface area contributed by atoms with Gasteiger partial charge in [0.25, 0.3) is 0 Å². The molecule has 1 saturated carbocycles. The molecule has 2 N–H and O–H groups in total. The number of aliphatic hydroxyl groups is 1. The number of likely N-dealkylation sites (N-methyl/N-ethyl adjacent to an activating group) is 1. The smallest absolute Gasteiger partial charge is 0.317 e. The van der Waals surface area contributed by atoms with Crippen molar-refractivity contribution in [3.05, 3.63) is 0 Å². The summed E-state index contributed by atoms with van der Waals surface area (Å²) in [5.74, 6) is 0.718. The first-order chi connectivity index (χ1) is 9.98. The van der Waals surface area contributed by atoms with E-state index < -0.39 is 0 Å². The van der Waals surface area contributed by atoms with E-state index in [0.29, 0.717) is 6.54 Å². The van der Waals surface area contributed by atoms with Gasteiger partial charge >= 0.3 is 6.03 Å². The van der Waals surface area contributed by atoms with Gasteiger partial charge in [-0.1, -0.05) is 19.8 Å². The van der Waals surface area contributed by atoms with Crippen LogP contribution in [0.4, 0.5) is 4.79 Å². The fourth-order valence-corrected chi connectivity index (χ4v) is 3.99. The van der Waals surface area contributed by atoms with Crippen LogP contribution in [0.3, 0.4) is 0 Å². The Morgan fingerprint density at radius 3 is 2.76 bits per heavy atom. The molecule has 21 heavy (non-hydrogen) atoms. The van der Waals surface area contributed by atoms with E-state index in [4.69, 9.17) is 0 Å². The highest BCUT2D eigenvalue weighted by molar-refractivity contribution is 5.75. The van der Waals surface area contributed by atoms with E-state index in [-0.39, 0.29) is 24.2 Å². The number of aliphatic hydroxyl groups excluding tert-OH is 1. The molecule has 2 fully saturated rings. The Morgan fingerprint density at radius 2 is 2.14 bits per heavy atom. The van der Waals surface area contributed by atoms with E-state index in [1.807, 2.05) is 0 Å². The Hall–Kier alpha value is -0.810. The Bertz CT molecular complexity index is 361. The number of likely N-dealkylation sites (tertiary alicyclic amines) is 1. The molecule has 1 aliphatic heterocycles. The van der Waals surface area contributed by atoms with E-state index in [2.05, 4.69) is 31.2 Å². The molecular weight excluding hydrogens is 266 g/mol. The molecule has 1 heterocycles. The lowest BCUT2D eigenvalue weighted by Gasteiger charge is -2.45. The molecule has 0 aromatic rings. The van der Waals surface area contributed by atoms with Crippen LogP contribution < -0.4 is 5.32 Å². The fourth-order valence-electron chi connectivity index (χ4n) is 3.99. The molecule has 3 atom stereocenters. The molecule has 1 aliphatic carbocycles. The predicted molar refractivity (Wildman–Crippen MR) is 84.3 cm³/mol. The normalized spacial score (nSPS) is 33.5. The third kappa shape index (κ3) is 3.69. The molecule has 5 nitrogen and oxygen atoms in total. The number of amides is 2. The van der Waals surface area contributed by atoms with Crippen LogP contribution in [0, 0.1) is 5.92 Å². The summed E-state index contributed by atoms with van der Waals surface area (Å²) >= 11 is 0. The summed E-state index contributed by atoms with van der Waals surface area (Å²) in [6.07, 6.45) is 6.73. The van der Waals surface area contributed by atoms with E-state index in [1.165, 1.54) is 12.8 Å². The van der Waals surface area contributed by atoms with Crippen LogP contribution in [0.15, 0.2) is 0 Å². The maximum atomic E-state index is 12.4. The second-order valence-corrected chi connectivity index (χ2v) is 7.15. The third-order valence-corrected chi connectivity index (χ3v) is 5.43. The van der Waals surface area contributed by atoms with Crippen LogP contribution in [-0.4, -0.2) is 66.3 Å². The maximum Gasteiger partial charge on any atom is 0.317 e. The van der Waals surface area contributed by atoms with Gasteiger partial charge < -0.3 is 20.2 Å². The summed E-state index contributed by atoms with van der Waals surface area (Å²) in [7, 11) is 4.24. The van der Waals surface area contributed by atoms with Crippen LogP contribution in [0.2, 0.25) is 0 Å². The van der Waals surface area contributed by atoms with Crippen molar-refractivity contribution in [2.75, 3.05) is 33.8 Å². The molecule has 2 rings (SSSR count). The van der Waals surface area contributed by atoms with Crippen molar-refractivity contribution >= 4 is 6.03 Å². The first-order valence-corrected chi connectivity index (χ1v) is 8.31. The molecule has 5 heteroatoms. The van der Waals surface area contributed by atoms with Crippen LogP contribution in [0.5, 0.6) is 0 Å². The first kappa shape index (κ1) is 16.6. The van der Waals surface area contributed by atoms with Gasteiger partial charge in [0, 0.05) is 18.6 Å². The minimum Gasteiger partial charge on any atom is -0.394 e. The number of rotatable bonds is 4. The summed E-state index contributed by atoms with van der Waals surface area (Å²) in [4.78, 5) is 16.5. The van der Waals surface area contributed by atoms with Gasteiger partial charge in [0.05, 0.1) is 12.6 Å². The molecule has 0 aromatic carbocycles. The summed E-state index contributed by atoms with van der Waals surface area (Å²) < 4.78 is 0. The van der Waals surface area contributed by atoms with Crippen LogP contribution >= 0.6 is 0 Å². The Balaban J connectivity index is 1.94. The van der Waals surface area contributed by atoms with Crippen molar-refractivity contribution in [2.45, 2.75) is 57.0 Å². The van der Waals surface area contributed by atoms with Gasteiger partial charge in [0.15, 0.2) is 0 Å². The Morgan fingerprint density at radius 1 is 1.38 bits per heavy atom. The molecule has 2 amide bonds. The zero-order valence-electron chi connectivity index (χ0n) is 13.8. The summed E-state index contributed by atoms with van der Waals surface area (Å²) in [6, 6.07) is -0.00316. The van der Waals surface area contributed by atoms with Gasteiger partial charge in [-0.3, -0.25) is 0 Å². The van der Waals surface area contributed by atoms with E-state index >= 15 is 0 Å². The number of nitrogens with one attached hydrogen (secondary N) is 1. The number of carbonyl (C=O) groups is 1. The largest absolute Gasteiger partial charge is 0.394 e. The average Bonchev–Trinajstić information content (AvgIpc) is 2.93. The topological polar surface area (TPSA) is 55.8 Å². The molecule has 1 saturated heterocycles. The number of nitrogens with zero attached hydrogens (tertiary/aromatic N) is 2. The molecular formula is C16H31N3O2. The third-order valence-electron chi connectivity index (χ3n) is 5.43. The standard InChI is InChI=1S/C16H31N3O2/c1-13-6-4-8-16(10-13,18(2)3)12-17-15(21)19-9-5-7-14(19)11-20/h13-14,20H,4-12H2,1-3H3,(H,17,21). The highest BCUT2D eigenvalue weighted by atomic mass is 16.3. The van der Waals surface area contributed by atoms with Crippen molar-refractivity contribution in [1.29, 1.82) is 0 Å². The van der Waals surface area contributed by atoms with Gasteiger partial charge in [-0.25, -0.2) is 4.79 Å². The van der Waals surface area contributed by atoms with Gasteiger partial charge in [0.2, 0.25) is 0 Å². The zero-order chi connectivity index (χ0) is 15.5. The predicted octanol–water partition coefficient (Wildman–Crippen LogP) is 1.66. The molecule has 0 aromatic heterocycles. The number of carbonyl (C=O) groups excluding carboxylic acids is 1. The molecule has 3 unspecified atom stereocenters. The van der Waals surface area contributed by atoms with Crippen molar-refractivity contribution in [2.24, 2.45) is 5.92 Å². The SMILES string of the molecule is CC1CCCC(CNC(=O)N2CCCC2CO)(N(C)C)C1. The summed E-state index contributed by atoms with van der Waals surface area (Å²) in [6.45, 7) is 3.85. The van der Waals surface area contributed by atoms with Crippen LogP contribution in [-0.2, 0) is 0 Å². The number of hydrogen-bond donors (Lipinski definition) is 2. The quantitative estimate of drug-likeness (QED) is 0.830. The van der Waals surface area contributed by atoms with Crippen molar-refractivity contribution in [3.63, 3.8) is 0 Å². The molecule has 2 aliphatic rings. The maximum absolute atomic E-state index is 12.4. The highest BCUT2D eigenvalue weighted by Crippen LogP contribution is 2.35. The first-order valence-electron chi connectivity index (χ1n) is 8.31. The van der Waals surface area contributed by atoms with E-state index in [9.17, 15) is 9.90 Å². The lowest BCUT2D eigenvalue weighted by atomic mass is 9.75. The lowest BCUT2D eigenvalue weighted by Crippen LogP contribution is -2.57. The van der Waals surface area contributed by atoms with Crippen LogP contribution in [0.25, 0.3) is 0 Å². The Labute approximate surface area is 128 Å². The lowest BCUT2D eigenvalue weighted by molar-refractivity contribution is 0.0742. The average molecular weight is 297 g/mol. The van der Waals surface area contributed by atoms with Gasteiger partial charge in [-0.2, -0.15) is 0 Å².